The van der Waals surface area contributed by atoms with Crippen LogP contribution in [0.2, 0.25) is 0 Å². The van der Waals surface area contributed by atoms with E-state index < -0.39 is 10.0 Å². The molecule has 1 heterocycles. The third kappa shape index (κ3) is 4.20. The second kappa shape index (κ2) is 6.79. The topological polar surface area (TPSA) is 49.4 Å². The number of nitrogens with one attached hydrogen (secondary N) is 1. The summed E-state index contributed by atoms with van der Waals surface area (Å²) in [5, 5.41) is -0.387. The van der Waals surface area contributed by atoms with Gasteiger partial charge in [0.1, 0.15) is 0 Å². The van der Waals surface area contributed by atoms with Gasteiger partial charge in [0.05, 0.1) is 5.25 Å². The minimum Gasteiger partial charge on any atom is -0.372 e. The summed E-state index contributed by atoms with van der Waals surface area (Å²) in [6, 6.07) is 8.52. The van der Waals surface area contributed by atoms with Crippen molar-refractivity contribution < 1.29 is 8.42 Å². The van der Waals surface area contributed by atoms with Crippen molar-refractivity contribution >= 4 is 15.7 Å². The third-order valence-corrected chi connectivity index (χ3v) is 5.95. The lowest BCUT2D eigenvalue weighted by Crippen LogP contribution is -2.33. The number of hydrogen-bond acceptors (Lipinski definition) is 3. The molecule has 1 saturated heterocycles. The van der Waals surface area contributed by atoms with E-state index in [0.29, 0.717) is 6.54 Å². The molecule has 1 unspecified atom stereocenters. The van der Waals surface area contributed by atoms with Crippen LogP contribution in [0.4, 0.5) is 5.69 Å². The zero-order valence-corrected chi connectivity index (χ0v) is 14.0. The van der Waals surface area contributed by atoms with Crippen molar-refractivity contribution in [3.63, 3.8) is 0 Å². The fourth-order valence-corrected chi connectivity index (χ4v) is 3.33. The Bertz CT molecular complexity index is 546. The molecule has 118 valence electrons. The first-order valence-electron chi connectivity index (χ1n) is 7.73. The Labute approximate surface area is 128 Å². The smallest absolute Gasteiger partial charge is 0.213 e. The standard InChI is InChI=1S/C16H26N2O2S/c1-13(2)21(19,20)17-12-14(3)15-6-8-16(9-7-15)18-10-4-5-11-18/h6-9,13-14,17H,4-5,10-12H2,1-3H3. The first-order chi connectivity index (χ1) is 9.90. The molecule has 21 heavy (non-hydrogen) atoms. The average Bonchev–Trinajstić information content (AvgIpc) is 2.99. The summed E-state index contributed by atoms with van der Waals surface area (Å²) < 4.78 is 26.2. The molecule has 0 aromatic heterocycles. The normalized spacial score (nSPS) is 17.4. The SMILES string of the molecule is CC(CNS(=O)(=O)C(C)C)c1ccc(N2CCCC2)cc1. The molecule has 1 aliphatic heterocycles. The van der Waals surface area contributed by atoms with Crippen LogP contribution in [0.1, 0.15) is 45.1 Å². The molecular weight excluding hydrogens is 284 g/mol. The highest BCUT2D eigenvalue weighted by molar-refractivity contribution is 7.90. The summed E-state index contributed by atoms with van der Waals surface area (Å²) in [5.41, 5.74) is 2.44. The Morgan fingerprint density at radius 2 is 1.67 bits per heavy atom. The first-order valence-corrected chi connectivity index (χ1v) is 9.28. The summed E-state index contributed by atoms with van der Waals surface area (Å²) in [4.78, 5) is 2.40. The maximum Gasteiger partial charge on any atom is 0.213 e. The fourth-order valence-electron chi connectivity index (χ4n) is 2.51. The van der Waals surface area contributed by atoms with Crippen LogP contribution in [-0.4, -0.2) is 33.3 Å². The van der Waals surface area contributed by atoms with Crippen LogP contribution < -0.4 is 9.62 Å². The van der Waals surface area contributed by atoms with E-state index in [0.717, 1.165) is 13.1 Å². The van der Waals surface area contributed by atoms with Crippen LogP contribution in [0.25, 0.3) is 0 Å². The van der Waals surface area contributed by atoms with Crippen LogP contribution in [0.15, 0.2) is 24.3 Å². The Morgan fingerprint density at radius 1 is 1.10 bits per heavy atom. The minimum atomic E-state index is -3.18. The second-order valence-electron chi connectivity index (χ2n) is 6.13. The predicted molar refractivity (Wildman–Crippen MR) is 88.4 cm³/mol. The lowest BCUT2D eigenvalue weighted by Gasteiger charge is -2.19. The largest absolute Gasteiger partial charge is 0.372 e. The summed E-state index contributed by atoms with van der Waals surface area (Å²) in [6.07, 6.45) is 2.55. The van der Waals surface area contributed by atoms with Crippen molar-refractivity contribution in [2.24, 2.45) is 0 Å². The molecule has 0 saturated carbocycles. The van der Waals surface area contributed by atoms with E-state index in [4.69, 9.17) is 0 Å². The van der Waals surface area contributed by atoms with Crippen molar-refractivity contribution in [1.82, 2.24) is 4.72 Å². The van der Waals surface area contributed by atoms with Crippen molar-refractivity contribution in [1.29, 1.82) is 0 Å². The van der Waals surface area contributed by atoms with Crippen molar-refractivity contribution in [2.75, 3.05) is 24.5 Å². The summed E-state index contributed by atoms with van der Waals surface area (Å²) >= 11 is 0. The molecule has 1 atom stereocenters. The maximum absolute atomic E-state index is 11.8. The Morgan fingerprint density at radius 3 is 2.19 bits per heavy atom. The molecular formula is C16H26N2O2S. The van der Waals surface area contributed by atoms with Gasteiger partial charge < -0.3 is 4.90 Å². The molecule has 1 aromatic rings. The highest BCUT2D eigenvalue weighted by Crippen LogP contribution is 2.23. The van der Waals surface area contributed by atoms with Gasteiger partial charge in [0.15, 0.2) is 0 Å². The molecule has 2 rings (SSSR count). The van der Waals surface area contributed by atoms with Gasteiger partial charge in [0.2, 0.25) is 10.0 Å². The monoisotopic (exact) mass is 310 g/mol. The van der Waals surface area contributed by atoms with E-state index >= 15 is 0 Å². The molecule has 1 N–H and O–H groups in total. The number of anilines is 1. The molecule has 1 fully saturated rings. The van der Waals surface area contributed by atoms with Gasteiger partial charge in [-0.25, -0.2) is 13.1 Å². The molecule has 0 bridgehead atoms. The molecule has 5 heteroatoms. The summed E-state index contributed by atoms with van der Waals surface area (Å²) in [7, 11) is -3.18. The van der Waals surface area contributed by atoms with Gasteiger partial charge >= 0.3 is 0 Å². The Balaban J connectivity index is 1.95. The van der Waals surface area contributed by atoms with E-state index in [2.05, 4.69) is 33.9 Å². The van der Waals surface area contributed by atoms with E-state index in [9.17, 15) is 8.42 Å². The Kier molecular flexibility index (Phi) is 5.27. The quantitative estimate of drug-likeness (QED) is 0.879. The van der Waals surface area contributed by atoms with E-state index in [1.807, 2.05) is 6.92 Å². The highest BCUT2D eigenvalue weighted by Gasteiger charge is 2.17. The van der Waals surface area contributed by atoms with Crippen LogP contribution in [0.5, 0.6) is 0 Å². The fraction of sp³-hybridized carbons (Fsp3) is 0.625. The predicted octanol–water partition coefficient (Wildman–Crippen LogP) is 2.72. The molecule has 0 spiro atoms. The maximum atomic E-state index is 11.8. The lowest BCUT2D eigenvalue weighted by atomic mass is 10.0. The zero-order valence-electron chi connectivity index (χ0n) is 13.2. The van der Waals surface area contributed by atoms with Crippen molar-refractivity contribution in [2.45, 2.75) is 44.8 Å². The zero-order chi connectivity index (χ0) is 15.5. The highest BCUT2D eigenvalue weighted by atomic mass is 32.2. The number of benzene rings is 1. The van der Waals surface area contributed by atoms with E-state index in [1.54, 1.807) is 13.8 Å². The van der Waals surface area contributed by atoms with Gasteiger partial charge in [0.25, 0.3) is 0 Å². The molecule has 4 nitrogen and oxygen atoms in total. The number of nitrogens with zero attached hydrogens (tertiary/aromatic N) is 1. The third-order valence-electron chi connectivity index (χ3n) is 4.14. The van der Waals surface area contributed by atoms with Crippen molar-refractivity contribution in [3.8, 4) is 0 Å². The van der Waals surface area contributed by atoms with Gasteiger partial charge in [0, 0.05) is 25.3 Å². The number of rotatable bonds is 6. The number of sulfonamides is 1. The molecule has 0 radical (unpaired) electrons. The van der Waals surface area contributed by atoms with E-state index in [1.165, 1.54) is 24.1 Å². The minimum absolute atomic E-state index is 0.172. The molecule has 1 aliphatic rings. The molecule has 0 amide bonds. The van der Waals surface area contributed by atoms with Gasteiger partial charge in [-0.2, -0.15) is 0 Å². The van der Waals surface area contributed by atoms with Crippen molar-refractivity contribution in [3.05, 3.63) is 29.8 Å². The second-order valence-corrected chi connectivity index (χ2v) is 8.45. The van der Waals surface area contributed by atoms with Crippen LogP contribution in [0, 0.1) is 0 Å². The Hall–Kier alpha value is -1.07. The van der Waals surface area contributed by atoms with Crippen LogP contribution in [-0.2, 0) is 10.0 Å². The average molecular weight is 310 g/mol. The van der Waals surface area contributed by atoms with Gasteiger partial charge in [-0.05, 0) is 50.3 Å². The van der Waals surface area contributed by atoms with E-state index in [-0.39, 0.29) is 11.2 Å². The van der Waals surface area contributed by atoms with Gasteiger partial charge in [-0.15, -0.1) is 0 Å². The summed E-state index contributed by atoms with van der Waals surface area (Å²) in [5.74, 6) is 0.172. The molecule has 0 aliphatic carbocycles. The molecule has 1 aromatic carbocycles. The first kappa shape index (κ1) is 16.3. The van der Waals surface area contributed by atoms with Crippen LogP contribution in [0.3, 0.4) is 0 Å². The van der Waals surface area contributed by atoms with Gasteiger partial charge in [-0.1, -0.05) is 19.1 Å². The van der Waals surface area contributed by atoms with Crippen LogP contribution >= 0.6 is 0 Å². The lowest BCUT2D eigenvalue weighted by molar-refractivity contribution is 0.566. The number of hydrogen-bond donors (Lipinski definition) is 1. The summed E-state index contributed by atoms with van der Waals surface area (Å²) in [6.45, 7) is 8.17. The van der Waals surface area contributed by atoms with Gasteiger partial charge in [-0.3, -0.25) is 0 Å².